The van der Waals surface area contributed by atoms with Crippen LogP contribution in [0.2, 0.25) is 0 Å². The summed E-state index contributed by atoms with van der Waals surface area (Å²) in [6.45, 7) is 0. The van der Waals surface area contributed by atoms with Gasteiger partial charge in [0.05, 0.1) is 0 Å². The Morgan fingerprint density at radius 3 is 2.82 bits per heavy atom. The molecule has 0 fully saturated rings. The van der Waals surface area contributed by atoms with E-state index in [0.29, 0.717) is 0 Å². The third kappa shape index (κ3) is 1.19. The van der Waals surface area contributed by atoms with Crippen molar-refractivity contribution in [2.24, 2.45) is 7.05 Å². The van der Waals surface area contributed by atoms with Crippen LogP contribution in [0.5, 0.6) is 0 Å². The molecule has 0 atom stereocenters. The number of hydrogen-bond acceptors (Lipinski definition) is 3. The maximum absolute atomic E-state index is 10.3. The molecule has 1 aromatic heterocycles. The van der Waals surface area contributed by atoms with Crippen LogP contribution in [0.4, 0.5) is 0 Å². The van der Waals surface area contributed by atoms with Crippen molar-refractivity contribution in [2.75, 3.05) is 0 Å². The van der Waals surface area contributed by atoms with Crippen molar-refractivity contribution in [3.8, 4) is 6.07 Å². The number of nitriles is 1. The van der Waals surface area contributed by atoms with Crippen molar-refractivity contribution in [1.82, 2.24) is 9.55 Å². The number of rotatable bonds is 1. The maximum atomic E-state index is 10.3. The Labute approximate surface area is 62.5 Å². The Balaban J connectivity index is 3.18. The van der Waals surface area contributed by atoms with Gasteiger partial charge in [0.2, 0.25) is 5.82 Å². The van der Waals surface area contributed by atoms with Crippen LogP contribution in [0.1, 0.15) is 16.3 Å². The van der Waals surface area contributed by atoms with E-state index in [1.54, 1.807) is 13.1 Å². The predicted molar refractivity (Wildman–Crippen MR) is 34.9 cm³/mol. The number of hydrogen-bond donors (Lipinski definition) is 1. The second-order valence-electron chi connectivity index (χ2n) is 1.98. The normalized spacial score (nSPS) is 9.09. The Bertz CT molecular complexity index is 334. The summed E-state index contributed by atoms with van der Waals surface area (Å²) in [4.78, 5) is 13.8. The van der Waals surface area contributed by atoms with E-state index in [-0.39, 0.29) is 11.5 Å². The van der Waals surface area contributed by atoms with Gasteiger partial charge in [-0.2, -0.15) is 5.26 Å². The number of imidazole rings is 1. The largest absolute Gasteiger partial charge is 0.476 e. The minimum Gasteiger partial charge on any atom is -0.476 e. The van der Waals surface area contributed by atoms with Crippen molar-refractivity contribution >= 4 is 5.97 Å². The van der Waals surface area contributed by atoms with Gasteiger partial charge in [0.15, 0.2) is 5.69 Å². The summed E-state index contributed by atoms with van der Waals surface area (Å²) >= 11 is 0. The summed E-state index contributed by atoms with van der Waals surface area (Å²) in [5.41, 5.74) is -0.107. The molecule has 0 radical (unpaired) electrons. The van der Waals surface area contributed by atoms with Gasteiger partial charge in [-0.05, 0) is 0 Å². The molecule has 0 aromatic carbocycles. The molecular formula is C6H5N3O2. The molecule has 0 aliphatic rings. The summed E-state index contributed by atoms with van der Waals surface area (Å²) in [7, 11) is 1.57. The number of carboxylic acids is 1. The molecule has 1 rings (SSSR count). The molecule has 5 heteroatoms. The van der Waals surface area contributed by atoms with Gasteiger partial charge >= 0.3 is 5.97 Å². The quantitative estimate of drug-likeness (QED) is 0.612. The van der Waals surface area contributed by atoms with Crippen molar-refractivity contribution in [3.63, 3.8) is 0 Å². The highest BCUT2D eigenvalue weighted by Gasteiger charge is 2.09. The molecule has 0 aliphatic heterocycles. The molecule has 0 saturated carbocycles. The van der Waals surface area contributed by atoms with E-state index in [4.69, 9.17) is 10.4 Å². The first-order valence-electron chi connectivity index (χ1n) is 2.82. The van der Waals surface area contributed by atoms with Crippen molar-refractivity contribution < 1.29 is 9.90 Å². The van der Waals surface area contributed by atoms with Crippen molar-refractivity contribution in [2.45, 2.75) is 0 Å². The van der Waals surface area contributed by atoms with Crippen molar-refractivity contribution in [1.29, 1.82) is 5.26 Å². The lowest BCUT2D eigenvalue weighted by Gasteiger charge is -1.84. The zero-order valence-electron chi connectivity index (χ0n) is 5.77. The van der Waals surface area contributed by atoms with E-state index in [1.807, 2.05) is 0 Å². The topological polar surface area (TPSA) is 78.9 Å². The monoisotopic (exact) mass is 151 g/mol. The molecule has 0 saturated heterocycles. The van der Waals surface area contributed by atoms with Gasteiger partial charge < -0.3 is 9.67 Å². The van der Waals surface area contributed by atoms with Crippen LogP contribution >= 0.6 is 0 Å². The van der Waals surface area contributed by atoms with Crippen LogP contribution in [-0.2, 0) is 7.05 Å². The summed E-state index contributed by atoms with van der Waals surface area (Å²) in [5.74, 6) is -1.02. The standard InChI is InChI=1S/C6H5N3O2/c1-9-3-4(6(10)11)8-5(9)2-7/h3H,1H3,(H,10,11). The molecule has 11 heavy (non-hydrogen) atoms. The average molecular weight is 151 g/mol. The fraction of sp³-hybridized carbons (Fsp3) is 0.167. The van der Waals surface area contributed by atoms with Gasteiger partial charge in [-0.3, -0.25) is 0 Å². The number of nitrogens with zero attached hydrogens (tertiary/aromatic N) is 3. The molecule has 1 aromatic rings. The van der Waals surface area contributed by atoms with E-state index in [0.717, 1.165) is 0 Å². The third-order valence-corrected chi connectivity index (χ3v) is 1.20. The van der Waals surface area contributed by atoms with Crippen LogP contribution in [0.15, 0.2) is 6.20 Å². The zero-order valence-corrected chi connectivity index (χ0v) is 5.77. The predicted octanol–water partition coefficient (Wildman–Crippen LogP) is -0.0100. The summed E-state index contributed by atoms with van der Waals surface area (Å²) in [6, 6.07) is 1.76. The highest BCUT2D eigenvalue weighted by molar-refractivity contribution is 5.85. The second kappa shape index (κ2) is 2.42. The molecule has 5 nitrogen and oxygen atoms in total. The van der Waals surface area contributed by atoms with Crippen LogP contribution in [0, 0.1) is 11.3 Å². The first-order valence-corrected chi connectivity index (χ1v) is 2.82. The number of carbonyl (C=O) groups is 1. The molecule has 0 aliphatic carbocycles. The van der Waals surface area contributed by atoms with E-state index in [1.165, 1.54) is 10.8 Å². The van der Waals surface area contributed by atoms with Gasteiger partial charge in [0.25, 0.3) is 0 Å². The van der Waals surface area contributed by atoms with E-state index >= 15 is 0 Å². The molecule has 0 spiro atoms. The van der Waals surface area contributed by atoms with Gasteiger partial charge in [0.1, 0.15) is 6.07 Å². The lowest BCUT2D eigenvalue weighted by Crippen LogP contribution is -1.95. The number of carboxylic acid groups (broad SMARTS) is 1. The average Bonchev–Trinajstić information content (AvgIpc) is 2.31. The fourth-order valence-electron chi connectivity index (χ4n) is 0.673. The Hall–Kier alpha value is -1.83. The second-order valence-corrected chi connectivity index (χ2v) is 1.98. The van der Waals surface area contributed by atoms with Gasteiger partial charge in [-0.15, -0.1) is 0 Å². The number of aromatic carboxylic acids is 1. The summed E-state index contributed by atoms with van der Waals surface area (Å²) in [6.07, 6.45) is 1.29. The van der Waals surface area contributed by atoms with E-state index in [9.17, 15) is 4.79 Å². The van der Waals surface area contributed by atoms with E-state index in [2.05, 4.69) is 4.98 Å². The summed E-state index contributed by atoms with van der Waals surface area (Å²) in [5, 5.41) is 16.8. The third-order valence-electron chi connectivity index (χ3n) is 1.20. The van der Waals surface area contributed by atoms with Gasteiger partial charge in [0, 0.05) is 13.2 Å². The molecule has 0 bridgehead atoms. The van der Waals surface area contributed by atoms with Crippen LogP contribution in [0.3, 0.4) is 0 Å². The molecule has 0 amide bonds. The Morgan fingerprint density at radius 2 is 2.55 bits per heavy atom. The molecule has 1 heterocycles. The number of aromatic nitrogens is 2. The van der Waals surface area contributed by atoms with Crippen LogP contribution in [0.25, 0.3) is 0 Å². The minimum atomic E-state index is -1.12. The maximum Gasteiger partial charge on any atom is 0.356 e. The molecule has 0 unspecified atom stereocenters. The van der Waals surface area contributed by atoms with Gasteiger partial charge in [-0.25, -0.2) is 9.78 Å². The first kappa shape index (κ1) is 7.28. The highest BCUT2D eigenvalue weighted by Crippen LogP contribution is 1.98. The summed E-state index contributed by atoms with van der Waals surface area (Å²) < 4.78 is 1.36. The molecule has 56 valence electrons. The highest BCUT2D eigenvalue weighted by atomic mass is 16.4. The fourth-order valence-corrected chi connectivity index (χ4v) is 0.673. The Morgan fingerprint density at radius 1 is 1.91 bits per heavy atom. The zero-order chi connectivity index (χ0) is 8.43. The Kier molecular flexibility index (Phi) is 1.60. The van der Waals surface area contributed by atoms with Crippen LogP contribution < -0.4 is 0 Å². The lowest BCUT2D eigenvalue weighted by atomic mass is 10.5. The minimum absolute atomic E-state index is 0.0994. The van der Waals surface area contributed by atoms with Gasteiger partial charge in [-0.1, -0.05) is 0 Å². The SMILES string of the molecule is Cn1cc(C(=O)O)nc1C#N. The first-order chi connectivity index (χ1) is 5.15. The lowest BCUT2D eigenvalue weighted by molar-refractivity contribution is 0.0691. The smallest absolute Gasteiger partial charge is 0.356 e. The molecular weight excluding hydrogens is 146 g/mol. The number of aryl methyl sites for hydroxylation is 1. The van der Waals surface area contributed by atoms with Crippen LogP contribution in [-0.4, -0.2) is 20.6 Å². The van der Waals surface area contributed by atoms with Crippen molar-refractivity contribution in [3.05, 3.63) is 17.7 Å². The van der Waals surface area contributed by atoms with E-state index < -0.39 is 5.97 Å². The molecule has 1 N–H and O–H groups in total.